The van der Waals surface area contributed by atoms with Gasteiger partial charge >= 0.3 is 0 Å². The number of aryl methyl sites for hydroxylation is 1. The first kappa shape index (κ1) is 23.6. The number of benzene rings is 2. The average Bonchev–Trinajstić information content (AvgIpc) is 2.73. The van der Waals surface area contributed by atoms with E-state index < -0.39 is 16.2 Å². The van der Waals surface area contributed by atoms with Crippen molar-refractivity contribution in [2.24, 2.45) is 0 Å². The van der Waals surface area contributed by atoms with Gasteiger partial charge < -0.3 is 5.32 Å². The second-order valence-electron chi connectivity index (χ2n) is 8.27. The molecule has 7 heteroatoms. The summed E-state index contributed by atoms with van der Waals surface area (Å²) in [6.07, 6.45) is 1.82. The Labute approximate surface area is 189 Å². The average molecular weight is 453 g/mol. The Morgan fingerprint density at radius 2 is 1.72 bits per heavy atom. The molecule has 0 saturated heterocycles. The SMILES string of the molecule is Cc1ccc(S(=O)(=O)O)c(-c2cccnc2[C@@H](C)NC(=O)Cc2ccc(C(C)C)cc2)c1. The molecule has 2 N–H and O–H groups in total. The molecule has 0 aliphatic rings. The standard InChI is InChI=1S/C25H28N2O4S/c1-16(2)20-10-8-19(9-11-20)15-24(28)27-18(4)25-21(6-5-13-26-25)22-14-17(3)7-12-23(22)32(29,30)31/h5-14,16,18H,15H2,1-4H3,(H,27,28)(H,29,30,31)/t18-/m1/s1. The Morgan fingerprint density at radius 1 is 1.03 bits per heavy atom. The molecule has 3 aromatic rings. The third-order valence-electron chi connectivity index (χ3n) is 5.34. The molecule has 168 valence electrons. The molecule has 1 atom stereocenters. The first-order valence-electron chi connectivity index (χ1n) is 10.5. The van der Waals surface area contributed by atoms with Gasteiger partial charge in [0.15, 0.2) is 0 Å². The Kier molecular flexibility index (Phi) is 7.11. The van der Waals surface area contributed by atoms with E-state index in [2.05, 4.69) is 24.1 Å². The van der Waals surface area contributed by atoms with Gasteiger partial charge in [-0.1, -0.05) is 55.8 Å². The molecule has 1 heterocycles. The summed E-state index contributed by atoms with van der Waals surface area (Å²) in [6, 6.07) is 15.6. The van der Waals surface area contributed by atoms with Gasteiger partial charge in [0.05, 0.1) is 18.2 Å². The molecule has 0 bridgehead atoms. The maximum Gasteiger partial charge on any atom is 0.295 e. The maximum absolute atomic E-state index is 12.7. The lowest BCUT2D eigenvalue weighted by Gasteiger charge is -2.18. The lowest BCUT2D eigenvalue weighted by atomic mass is 9.98. The quantitative estimate of drug-likeness (QED) is 0.500. The van der Waals surface area contributed by atoms with Crippen LogP contribution < -0.4 is 5.32 Å². The monoisotopic (exact) mass is 452 g/mol. The molecule has 0 saturated carbocycles. The van der Waals surface area contributed by atoms with Crippen molar-refractivity contribution in [3.63, 3.8) is 0 Å². The number of nitrogens with one attached hydrogen (secondary N) is 1. The van der Waals surface area contributed by atoms with E-state index in [1.54, 1.807) is 37.4 Å². The van der Waals surface area contributed by atoms with Crippen LogP contribution in [0.15, 0.2) is 65.7 Å². The van der Waals surface area contributed by atoms with Crippen LogP contribution in [-0.4, -0.2) is 23.9 Å². The van der Waals surface area contributed by atoms with Crippen LogP contribution in [0, 0.1) is 6.92 Å². The van der Waals surface area contributed by atoms with Gasteiger partial charge in [-0.05, 0) is 49.1 Å². The Morgan fingerprint density at radius 3 is 2.34 bits per heavy atom. The van der Waals surface area contributed by atoms with Gasteiger partial charge in [0.25, 0.3) is 10.1 Å². The van der Waals surface area contributed by atoms with Gasteiger partial charge in [-0.2, -0.15) is 8.42 Å². The number of pyridine rings is 1. The summed E-state index contributed by atoms with van der Waals surface area (Å²) >= 11 is 0. The van der Waals surface area contributed by atoms with Crippen LogP contribution in [0.4, 0.5) is 0 Å². The highest BCUT2D eigenvalue weighted by Crippen LogP contribution is 2.32. The molecule has 0 fully saturated rings. The maximum atomic E-state index is 12.7. The summed E-state index contributed by atoms with van der Waals surface area (Å²) in [6.45, 7) is 7.88. The predicted molar refractivity (Wildman–Crippen MR) is 125 cm³/mol. The van der Waals surface area contributed by atoms with Crippen molar-refractivity contribution in [2.45, 2.75) is 51.0 Å². The van der Waals surface area contributed by atoms with Gasteiger partial charge in [0.1, 0.15) is 4.90 Å². The lowest BCUT2D eigenvalue weighted by molar-refractivity contribution is -0.121. The van der Waals surface area contributed by atoms with Crippen LogP contribution in [0.3, 0.4) is 0 Å². The van der Waals surface area contributed by atoms with E-state index >= 15 is 0 Å². The van der Waals surface area contributed by atoms with Gasteiger partial charge in [0, 0.05) is 17.3 Å². The highest BCUT2D eigenvalue weighted by molar-refractivity contribution is 7.86. The van der Waals surface area contributed by atoms with Crippen LogP contribution in [-0.2, 0) is 21.3 Å². The first-order valence-corrected chi connectivity index (χ1v) is 11.9. The van der Waals surface area contributed by atoms with Gasteiger partial charge in [0.2, 0.25) is 5.91 Å². The number of aromatic nitrogens is 1. The van der Waals surface area contributed by atoms with E-state index in [0.29, 0.717) is 22.7 Å². The minimum Gasteiger partial charge on any atom is -0.348 e. The summed E-state index contributed by atoms with van der Waals surface area (Å²) < 4.78 is 33.6. The van der Waals surface area contributed by atoms with Crippen molar-refractivity contribution in [2.75, 3.05) is 0 Å². The van der Waals surface area contributed by atoms with Crippen molar-refractivity contribution in [3.8, 4) is 11.1 Å². The molecule has 0 unspecified atom stereocenters. The third kappa shape index (κ3) is 5.60. The second-order valence-corrected chi connectivity index (χ2v) is 9.66. The highest BCUT2D eigenvalue weighted by atomic mass is 32.2. The fraction of sp³-hybridized carbons (Fsp3) is 0.280. The highest BCUT2D eigenvalue weighted by Gasteiger charge is 2.22. The van der Waals surface area contributed by atoms with Crippen LogP contribution in [0.5, 0.6) is 0 Å². The lowest BCUT2D eigenvalue weighted by Crippen LogP contribution is -2.29. The van der Waals surface area contributed by atoms with Crippen molar-refractivity contribution in [1.82, 2.24) is 10.3 Å². The molecule has 1 amide bonds. The normalized spacial score (nSPS) is 12.6. The zero-order chi connectivity index (χ0) is 23.5. The molecule has 6 nitrogen and oxygen atoms in total. The van der Waals surface area contributed by atoms with E-state index in [1.807, 2.05) is 31.2 Å². The molecule has 0 radical (unpaired) electrons. The Balaban J connectivity index is 1.86. The molecule has 2 aromatic carbocycles. The Bertz CT molecular complexity index is 1220. The Hall–Kier alpha value is -3.03. The molecule has 1 aromatic heterocycles. The summed E-state index contributed by atoms with van der Waals surface area (Å²) in [7, 11) is -4.43. The van der Waals surface area contributed by atoms with Gasteiger partial charge in [-0.25, -0.2) is 0 Å². The number of hydrogen-bond donors (Lipinski definition) is 2. The summed E-state index contributed by atoms with van der Waals surface area (Å²) in [4.78, 5) is 16.9. The number of carbonyl (C=O) groups excluding carboxylic acids is 1. The molecular weight excluding hydrogens is 424 g/mol. The number of amides is 1. The van der Waals surface area contributed by atoms with E-state index in [9.17, 15) is 17.8 Å². The van der Waals surface area contributed by atoms with Crippen LogP contribution in [0.1, 0.15) is 55.1 Å². The van der Waals surface area contributed by atoms with Gasteiger partial charge in [-0.15, -0.1) is 0 Å². The van der Waals surface area contributed by atoms with Crippen molar-refractivity contribution < 1.29 is 17.8 Å². The number of hydrogen-bond acceptors (Lipinski definition) is 4. The smallest absolute Gasteiger partial charge is 0.295 e. The van der Waals surface area contributed by atoms with Crippen molar-refractivity contribution in [3.05, 3.63) is 83.2 Å². The molecule has 3 rings (SSSR count). The zero-order valence-corrected chi connectivity index (χ0v) is 19.5. The second kappa shape index (κ2) is 9.63. The van der Waals surface area contributed by atoms with Crippen molar-refractivity contribution in [1.29, 1.82) is 0 Å². The molecule has 0 aliphatic carbocycles. The number of carbonyl (C=O) groups is 1. The minimum atomic E-state index is -4.43. The van der Waals surface area contributed by atoms with Crippen LogP contribution >= 0.6 is 0 Å². The zero-order valence-electron chi connectivity index (χ0n) is 18.7. The van der Waals surface area contributed by atoms with Crippen LogP contribution in [0.25, 0.3) is 11.1 Å². The summed E-state index contributed by atoms with van der Waals surface area (Å²) in [5.74, 6) is 0.264. The molecular formula is C25H28N2O4S. The molecule has 0 aliphatic heterocycles. The molecule has 32 heavy (non-hydrogen) atoms. The fourth-order valence-corrected chi connectivity index (χ4v) is 4.32. The fourth-order valence-electron chi connectivity index (χ4n) is 3.64. The van der Waals surface area contributed by atoms with Gasteiger partial charge in [-0.3, -0.25) is 14.3 Å². The molecule has 0 spiro atoms. The minimum absolute atomic E-state index is 0.161. The van der Waals surface area contributed by atoms with Crippen LogP contribution in [0.2, 0.25) is 0 Å². The summed E-state index contributed by atoms with van der Waals surface area (Å²) in [5.41, 5.74) is 4.37. The largest absolute Gasteiger partial charge is 0.348 e. The van der Waals surface area contributed by atoms with E-state index in [4.69, 9.17) is 0 Å². The van der Waals surface area contributed by atoms with E-state index in [-0.39, 0.29) is 17.2 Å². The summed E-state index contributed by atoms with van der Waals surface area (Å²) in [5, 5.41) is 2.95. The van der Waals surface area contributed by atoms with E-state index in [1.165, 1.54) is 11.6 Å². The first-order chi connectivity index (χ1) is 15.1. The van der Waals surface area contributed by atoms with Crippen molar-refractivity contribution >= 4 is 16.0 Å². The topological polar surface area (TPSA) is 96.4 Å². The number of rotatable bonds is 7. The van der Waals surface area contributed by atoms with E-state index in [0.717, 1.165) is 11.1 Å². The predicted octanol–water partition coefficient (Wildman–Crippen LogP) is 4.85. The third-order valence-corrected chi connectivity index (χ3v) is 6.25. The number of nitrogens with zero attached hydrogens (tertiary/aromatic N) is 1.